The van der Waals surface area contributed by atoms with Gasteiger partial charge in [0.25, 0.3) is 0 Å². The minimum absolute atomic E-state index is 0.0355. The van der Waals surface area contributed by atoms with E-state index in [2.05, 4.69) is 10.5 Å². The molecule has 0 aliphatic heterocycles. The summed E-state index contributed by atoms with van der Waals surface area (Å²) in [4.78, 5) is 12.1. The van der Waals surface area contributed by atoms with Gasteiger partial charge in [0, 0.05) is 0 Å². The number of benzene rings is 1. The smallest absolute Gasteiger partial charge is 0.409 e. The first kappa shape index (κ1) is 15.4. The molecule has 1 amide bonds. The van der Waals surface area contributed by atoms with Crippen molar-refractivity contribution in [3.63, 3.8) is 0 Å². The van der Waals surface area contributed by atoms with E-state index in [-0.39, 0.29) is 16.5 Å². The van der Waals surface area contributed by atoms with Gasteiger partial charge in [-0.1, -0.05) is 16.8 Å². The lowest BCUT2D eigenvalue weighted by Crippen LogP contribution is -2.36. The first-order chi connectivity index (χ1) is 9.70. The number of nitrogens with two attached hydrogens (primary N) is 1. The Labute approximate surface area is 122 Å². The van der Waals surface area contributed by atoms with Crippen molar-refractivity contribution in [2.24, 2.45) is 16.3 Å². The quantitative estimate of drug-likeness (QED) is 0.346. The van der Waals surface area contributed by atoms with Gasteiger partial charge >= 0.3 is 6.18 Å². The minimum Gasteiger partial charge on any atom is -0.409 e. The van der Waals surface area contributed by atoms with Gasteiger partial charge in [0.2, 0.25) is 5.91 Å². The molecule has 21 heavy (non-hydrogen) atoms. The van der Waals surface area contributed by atoms with E-state index in [0.717, 1.165) is 18.2 Å². The highest BCUT2D eigenvalue weighted by atomic mass is 35.5. The van der Waals surface area contributed by atoms with Crippen molar-refractivity contribution in [1.82, 2.24) is 0 Å². The van der Waals surface area contributed by atoms with Crippen molar-refractivity contribution in [3.05, 3.63) is 28.8 Å². The maximum Gasteiger partial charge on any atom is 0.416 e. The van der Waals surface area contributed by atoms with Gasteiger partial charge in [-0.2, -0.15) is 13.2 Å². The molecular formula is C12H11ClF3N3O2. The molecule has 2 rings (SSSR count). The van der Waals surface area contributed by atoms with Crippen LogP contribution in [0.4, 0.5) is 18.9 Å². The second-order valence-electron chi connectivity index (χ2n) is 4.71. The van der Waals surface area contributed by atoms with Crippen LogP contribution >= 0.6 is 11.6 Å². The van der Waals surface area contributed by atoms with Crippen LogP contribution in [0, 0.1) is 5.41 Å². The number of carbonyl (C=O) groups is 1. The van der Waals surface area contributed by atoms with Gasteiger partial charge in [0.1, 0.15) is 5.41 Å². The van der Waals surface area contributed by atoms with E-state index in [1.54, 1.807) is 0 Å². The molecule has 1 aliphatic carbocycles. The topological polar surface area (TPSA) is 87.7 Å². The summed E-state index contributed by atoms with van der Waals surface area (Å²) < 4.78 is 37.9. The summed E-state index contributed by atoms with van der Waals surface area (Å²) in [5, 5.41) is 13.7. The first-order valence-corrected chi connectivity index (χ1v) is 6.25. The standard InChI is InChI=1S/C12H11ClF3N3O2/c13-7-2-1-6(12(14,15)16)5-8(7)18-10(20)11(3-4-11)9(17)19-21/h1-2,5,21H,3-4H2,(H2,17,19)(H,18,20). The van der Waals surface area contributed by atoms with Crippen molar-refractivity contribution in [2.45, 2.75) is 19.0 Å². The second-order valence-corrected chi connectivity index (χ2v) is 5.12. The summed E-state index contributed by atoms with van der Waals surface area (Å²) in [5.74, 6) is -0.929. The summed E-state index contributed by atoms with van der Waals surface area (Å²) in [6, 6.07) is 2.60. The molecule has 1 saturated carbocycles. The fraction of sp³-hybridized carbons (Fsp3) is 0.333. The summed E-state index contributed by atoms with van der Waals surface area (Å²) in [6.07, 6.45) is -3.84. The molecule has 5 nitrogen and oxygen atoms in total. The lowest BCUT2D eigenvalue weighted by Gasteiger charge is -2.16. The summed E-state index contributed by atoms with van der Waals surface area (Å²) in [5.41, 5.74) is 3.15. The summed E-state index contributed by atoms with van der Waals surface area (Å²) in [7, 11) is 0. The minimum atomic E-state index is -4.55. The van der Waals surface area contributed by atoms with Gasteiger partial charge < -0.3 is 16.3 Å². The average molecular weight is 322 g/mol. The van der Waals surface area contributed by atoms with Crippen LogP contribution in [-0.4, -0.2) is 17.0 Å². The van der Waals surface area contributed by atoms with Crippen LogP contribution in [0.2, 0.25) is 5.02 Å². The largest absolute Gasteiger partial charge is 0.416 e. The molecule has 1 aliphatic rings. The Morgan fingerprint density at radius 2 is 2.05 bits per heavy atom. The Kier molecular flexibility index (Phi) is 3.75. The van der Waals surface area contributed by atoms with Gasteiger partial charge in [-0.15, -0.1) is 0 Å². The number of carbonyl (C=O) groups excluding carboxylic acids is 1. The van der Waals surface area contributed by atoms with E-state index in [1.807, 2.05) is 0 Å². The molecular weight excluding hydrogens is 311 g/mol. The van der Waals surface area contributed by atoms with E-state index in [9.17, 15) is 18.0 Å². The van der Waals surface area contributed by atoms with Crippen LogP contribution in [-0.2, 0) is 11.0 Å². The van der Waals surface area contributed by atoms with Crippen LogP contribution in [0.25, 0.3) is 0 Å². The second kappa shape index (κ2) is 5.10. The van der Waals surface area contributed by atoms with E-state index in [1.165, 1.54) is 0 Å². The average Bonchev–Trinajstić information content (AvgIpc) is 3.20. The monoisotopic (exact) mass is 321 g/mol. The van der Waals surface area contributed by atoms with Gasteiger partial charge in [-0.05, 0) is 31.0 Å². The lowest BCUT2D eigenvalue weighted by molar-refractivity contribution is -0.137. The number of nitrogens with zero attached hydrogens (tertiary/aromatic N) is 1. The Morgan fingerprint density at radius 1 is 1.43 bits per heavy atom. The van der Waals surface area contributed by atoms with Crippen LogP contribution in [0.3, 0.4) is 0 Å². The van der Waals surface area contributed by atoms with Gasteiger partial charge in [0.15, 0.2) is 5.84 Å². The Morgan fingerprint density at radius 3 is 2.52 bits per heavy atom. The number of amides is 1. The molecule has 1 aromatic rings. The van der Waals surface area contributed by atoms with Crippen LogP contribution in [0.1, 0.15) is 18.4 Å². The molecule has 114 valence electrons. The van der Waals surface area contributed by atoms with E-state index >= 15 is 0 Å². The van der Waals surface area contributed by atoms with Crippen molar-refractivity contribution in [1.29, 1.82) is 0 Å². The maximum atomic E-state index is 12.6. The third-order valence-electron chi connectivity index (χ3n) is 3.32. The molecule has 1 fully saturated rings. The Balaban J connectivity index is 2.26. The normalized spacial score (nSPS) is 17.4. The van der Waals surface area contributed by atoms with Crippen molar-refractivity contribution in [3.8, 4) is 0 Å². The van der Waals surface area contributed by atoms with Crippen LogP contribution in [0.15, 0.2) is 23.4 Å². The number of hydrogen-bond donors (Lipinski definition) is 3. The third kappa shape index (κ3) is 2.90. The Bertz CT molecular complexity index is 612. The Hall–Kier alpha value is -1.96. The highest BCUT2D eigenvalue weighted by Gasteiger charge is 2.54. The molecule has 4 N–H and O–H groups in total. The van der Waals surface area contributed by atoms with Crippen molar-refractivity contribution in [2.75, 3.05) is 5.32 Å². The van der Waals surface area contributed by atoms with Gasteiger partial charge in [-0.3, -0.25) is 4.79 Å². The van der Waals surface area contributed by atoms with Crippen LogP contribution in [0.5, 0.6) is 0 Å². The highest BCUT2D eigenvalue weighted by Crippen LogP contribution is 2.47. The number of alkyl halides is 3. The zero-order valence-electron chi connectivity index (χ0n) is 10.5. The van der Waals surface area contributed by atoms with E-state index < -0.39 is 23.1 Å². The van der Waals surface area contributed by atoms with Crippen molar-refractivity contribution < 1.29 is 23.2 Å². The molecule has 0 unspecified atom stereocenters. The number of halogens is 4. The number of anilines is 1. The molecule has 0 spiro atoms. The SMILES string of the molecule is N/C(=N/O)C1(C(=O)Nc2cc(C(F)(F)F)ccc2Cl)CC1. The predicted molar refractivity (Wildman–Crippen MR) is 70.2 cm³/mol. The molecule has 9 heteroatoms. The molecule has 0 bridgehead atoms. The fourth-order valence-electron chi connectivity index (χ4n) is 1.86. The molecule has 0 aromatic heterocycles. The van der Waals surface area contributed by atoms with Crippen molar-refractivity contribution >= 4 is 29.0 Å². The number of hydrogen-bond acceptors (Lipinski definition) is 3. The van der Waals surface area contributed by atoms with E-state index in [4.69, 9.17) is 22.5 Å². The maximum absolute atomic E-state index is 12.6. The molecule has 0 saturated heterocycles. The predicted octanol–water partition coefficient (Wildman–Crippen LogP) is 2.82. The molecule has 0 atom stereocenters. The van der Waals surface area contributed by atoms with Gasteiger partial charge in [0.05, 0.1) is 16.3 Å². The number of oxime groups is 1. The van der Waals surface area contributed by atoms with Gasteiger partial charge in [-0.25, -0.2) is 0 Å². The van der Waals surface area contributed by atoms with E-state index in [0.29, 0.717) is 12.8 Å². The molecule has 0 radical (unpaired) electrons. The number of amidine groups is 1. The van der Waals surface area contributed by atoms with Crippen LogP contribution < -0.4 is 11.1 Å². The fourth-order valence-corrected chi connectivity index (χ4v) is 2.02. The molecule has 1 aromatic carbocycles. The zero-order valence-corrected chi connectivity index (χ0v) is 11.3. The summed E-state index contributed by atoms with van der Waals surface area (Å²) in [6.45, 7) is 0. The number of rotatable bonds is 3. The first-order valence-electron chi connectivity index (χ1n) is 5.87. The third-order valence-corrected chi connectivity index (χ3v) is 3.65. The summed E-state index contributed by atoms with van der Waals surface area (Å²) >= 11 is 5.78. The highest BCUT2D eigenvalue weighted by molar-refractivity contribution is 6.34. The number of nitrogens with one attached hydrogen (secondary N) is 1. The zero-order chi connectivity index (χ0) is 15.8. The lowest BCUT2D eigenvalue weighted by atomic mass is 10.0. The molecule has 0 heterocycles.